The van der Waals surface area contributed by atoms with Crippen molar-refractivity contribution in [2.45, 2.75) is 13.5 Å². The van der Waals surface area contributed by atoms with Crippen LogP contribution >= 0.6 is 0 Å². The summed E-state index contributed by atoms with van der Waals surface area (Å²) >= 11 is 0. The van der Waals surface area contributed by atoms with Gasteiger partial charge in [-0.15, -0.1) is 0 Å². The highest BCUT2D eigenvalue weighted by Gasteiger charge is 2.08. The Kier molecular flexibility index (Phi) is 7.42. The van der Waals surface area contributed by atoms with Crippen molar-refractivity contribution >= 4 is 23.5 Å². The lowest BCUT2D eigenvalue weighted by molar-refractivity contribution is -0.127. The average Bonchev–Trinajstić information content (AvgIpc) is 3.19. The van der Waals surface area contributed by atoms with Crippen LogP contribution in [0.3, 0.4) is 0 Å². The summed E-state index contributed by atoms with van der Waals surface area (Å²) in [5.74, 6) is 0.507. The molecule has 8 heteroatoms. The van der Waals surface area contributed by atoms with Gasteiger partial charge < -0.3 is 25.3 Å². The molecule has 0 fully saturated rings. The minimum absolute atomic E-state index is 0.0303. The van der Waals surface area contributed by atoms with Gasteiger partial charge in [-0.05, 0) is 36.8 Å². The van der Waals surface area contributed by atoms with Crippen molar-refractivity contribution in [3.8, 4) is 0 Å². The predicted octanol–water partition coefficient (Wildman–Crippen LogP) is 1.68. The summed E-state index contributed by atoms with van der Waals surface area (Å²) in [6.45, 7) is 3.27. The summed E-state index contributed by atoms with van der Waals surface area (Å²) in [7, 11) is 3.42. The molecule has 0 atom stereocenters. The lowest BCUT2D eigenvalue weighted by Gasteiger charge is -2.14. The third kappa shape index (κ3) is 6.50. The molecule has 144 valence electrons. The zero-order valence-corrected chi connectivity index (χ0v) is 15.8. The molecule has 0 aliphatic rings. The van der Waals surface area contributed by atoms with Crippen LogP contribution in [0.1, 0.15) is 23.0 Å². The van der Waals surface area contributed by atoms with E-state index < -0.39 is 0 Å². The number of guanidine groups is 1. The van der Waals surface area contributed by atoms with Gasteiger partial charge in [0.25, 0.3) is 5.91 Å². The summed E-state index contributed by atoms with van der Waals surface area (Å²) < 4.78 is 5.06. The van der Waals surface area contributed by atoms with Gasteiger partial charge in [0.15, 0.2) is 11.7 Å². The van der Waals surface area contributed by atoms with Crippen LogP contribution in [-0.2, 0) is 11.3 Å². The van der Waals surface area contributed by atoms with E-state index in [-0.39, 0.29) is 24.1 Å². The van der Waals surface area contributed by atoms with Gasteiger partial charge in [0.2, 0.25) is 5.91 Å². The van der Waals surface area contributed by atoms with Crippen molar-refractivity contribution in [1.29, 1.82) is 0 Å². The van der Waals surface area contributed by atoms with E-state index in [9.17, 15) is 9.59 Å². The molecule has 1 aromatic carbocycles. The van der Waals surface area contributed by atoms with Crippen molar-refractivity contribution in [2.24, 2.45) is 4.99 Å². The van der Waals surface area contributed by atoms with E-state index in [0.29, 0.717) is 24.7 Å². The van der Waals surface area contributed by atoms with E-state index in [1.165, 1.54) is 11.2 Å². The maximum atomic E-state index is 11.9. The summed E-state index contributed by atoms with van der Waals surface area (Å²) in [5, 5.41) is 8.87. The number of rotatable bonds is 7. The Morgan fingerprint density at radius 1 is 1.11 bits per heavy atom. The zero-order valence-electron chi connectivity index (χ0n) is 15.8. The number of nitrogens with one attached hydrogen (secondary N) is 3. The number of anilines is 1. The van der Waals surface area contributed by atoms with Crippen molar-refractivity contribution in [1.82, 2.24) is 15.5 Å². The molecule has 0 aliphatic heterocycles. The Morgan fingerprint density at radius 2 is 1.85 bits per heavy atom. The number of amides is 2. The van der Waals surface area contributed by atoms with Crippen LogP contribution in [0.5, 0.6) is 0 Å². The molecule has 2 rings (SSSR count). The number of carbonyl (C=O) groups is 2. The summed E-state index contributed by atoms with van der Waals surface area (Å²) in [6.07, 6.45) is 1.46. The highest BCUT2D eigenvalue weighted by molar-refractivity contribution is 6.02. The molecular weight excluding hydrogens is 346 g/mol. The molecule has 0 saturated heterocycles. The predicted molar refractivity (Wildman–Crippen MR) is 105 cm³/mol. The van der Waals surface area contributed by atoms with Crippen LogP contribution in [0.25, 0.3) is 0 Å². The minimum atomic E-state index is -0.296. The molecule has 27 heavy (non-hydrogen) atoms. The maximum Gasteiger partial charge on any atom is 0.291 e. The molecule has 0 radical (unpaired) electrons. The highest BCUT2D eigenvalue weighted by atomic mass is 16.3. The largest absolute Gasteiger partial charge is 0.459 e. The van der Waals surface area contributed by atoms with Gasteiger partial charge in [-0.3, -0.25) is 9.59 Å². The lowest BCUT2D eigenvalue weighted by Crippen LogP contribution is -2.42. The van der Waals surface area contributed by atoms with Crippen molar-refractivity contribution < 1.29 is 14.0 Å². The van der Waals surface area contributed by atoms with Gasteiger partial charge >= 0.3 is 0 Å². The number of hydrogen-bond acceptors (Lipinski definition) is 4. The van der Waals surface area contributed by atoms with Crippen molar-refractivity contribution in [2.75, 3.05) is 32.5 Å². The van der Waals surface area contributed by atoms with Gasteiger partial charge in [0, 0.05) is 26.3 Å². The third-order valence-corrected chi connectivity index (χ3v) is 3.63. The molecule has 0 unspecified atom stereocenters. The molecule has 8 nitrogen and oxygen atoms in total. The van der Waals surface area contributed by atoms with Crippen LogP contribution in [0.15, 0.2) is 52.1 Å². The van der Waals surface area contributed by atoms with Crippen LogP contribution in [0.2, 0.25) is 0 Å². The first-order valence-electron chi connectivity index (χ1n) is 8.65. The first kappa shape index (κ1) is 20.0. The van der Waals surface area contributed by atoms with Crippen molar-refractivity contribution in [3.63, 3.8) is 0 Å². The van der Waals surface area contributed by atoms with Crippen molar-refractivity contribution in [3.05, 3.63) is 54.0 Å². The molecule has 2 amide bonds. The number of furan rings is 1. The number of carbonyl (C=O) groups excluding carboxylic acids is 2. The fourth-order valence-corrected chi connectivity index (χ4v) is 2.12. The number of hydrogen-bond donors (Lipinski definition) is 3. The minimum Gasteiger partial charge on any atom is -0.459 e. The molecule has 0 saturated carbocycles. The van der Waals surface area contributed by atoms with Gasteiger partial charge in [0.05, 0.1) is 19.4 Å². The number of aliphatic imine (C=N–C) groups is 1. The summed E-state index contributed by atoms with van der Waals surface area (Å²) in [6, 6.07) is 10.7. The second-order valence-electron chi connectivity index (χ2n) is 5.97. The average molecular weight is 371 g/mol. The molecule has 2 aromatic rings. The smallest absolute Gasteiger partial charge is 0.291 e. The second kappa shape index (κ2) is 10.0. The fraction of sp³-hybridized carbons (Fsp3) is 0.316. The molecular formula is C19H25N5O3. The molecule has 0 bridgehead atoms. The molecule has 1 aromatic heterocycles. The Bertz CT molecular complexity index is 767. The molecule has 3 N–H and O–H groups in total. The molecule has 0 aliphatic carbocycles. The molecule has 0 spiro atoms. The lowest BCUT2D eigenvalue weighted by atomic mass is 10.2. The third-order valence-electron chi connectivity index (χ3n) is 3.63. The van der Waals surface area contributed by atoms with E-state index in [1.54, 1.807) is 26.2 Å². The Labute approximate surface area is 158 Å². The normalized spacial score (nSPS) is 11.0. The number of benzene rings is 1. The topological polar surface area (TPSA) is 99.0 Å². The number of nitrogens with zero attached hydrogens (tertiary/aromatic N) is 2. The SMILES string of the molecule is CCNC(=NCc1ccc(NC(=O)c2ccco2)cc1)NCC(=O)N(C)C. The van der Waals surface area contributed by atoms with Gasteiger partial charge in [-0.1, -0.05) is 12.1 Å². The van der Waals surface area contributed by atoms with E-state index in [0.717, 1.165) is 5.56 Å². The van der Waals surface area contributed by atoms with Crippen LogP contribution in [0.4, 0.5) is 5.69 Å². The first-order chi connectivity index (χ1) is 13.0. The zero-order chi connectivity index (χ0) is 19.6. The van der Waals surface area contributed by atoms with Gasteiger partial charge in [-0.25, -0.2) is 4.99 Å². The molecule has 1 heterocycles. The summed E-state index contributed by atoms with van der Waals surface area (Å²) in [5.41, 5.74) is 1.65. The second-order valence-corrected chi connectivity index (χ2v) is 5.97. The highest BCUT2D eigenvalue weighted by Crippen LogP contribution is 2.12. The Balaban J connectivity index is 1.92. The monoisotopic (exact) mass is 371 g/mol. The van der Waals surface area contributed by atoms with E-state index in [2.05, 4.69) is 20.9 Å². The van der Waals surface area contributed by atoms with Crippen LogP contribution in [-0.4, -0.2) is 49.9 Å². The van der Waals surface area contributed by atoms with Crippen LogP contribution in [0, 0.1) is 0 Å². The Morgan fingerprint density at radius 3 is 2.44 bits per heavy atom. The fourth-order valence-electron chi connectivity index (χ4n) is 2.12. The van der Waals surface area contributed by atoms with E-state index >= 15 is 0 Å². The van der Waals surface area contributed by atoms with Gasteiger partial charge in [0.1, 0.15) is 0 Å². The van der Waals surface area contributed by atoms with E-state index in [1.807, 2.05) is 31.2 Å². The Hall–Kier alpha value is -3.29. The standard InChI is InChI=1S/C19H25N5O3/c1-4-20-19(22-13-17(25)24(2)3)21-12-14-7-9-15(10-8-14)23-18(26)16-6-5-11-27-16/h5-11H,4,12-13H2,1-3H3,(H,23,26)(H2,20,21,22). The first-order valence-corrected chi connectivity index (χ1v) is 8.65. The maximum absolute atomic E-state index is 11.9. The quantitative estimate of drug-likeness (QED) is 0.508. The van der Waals surface area contributed by atoms with Crippen LogP contribution < -0.4 is 16.0 Å². The summed E-state index contributed by atoms with van der Waals surface area (Å²) in [4.78, 5) is 29.6. The van der Waals surface area contributed by atoms with E-state index in [4.69, 9.17) is 4.42 Å². The van der Waals surface area contributed by atoms with Gasteiger partial charge in [-0.2, -0.15) is 0 Å². The number of likely N-dealkylation sites (N-methyl/N-ethyl adjacent to an activating group) is 1.